The van der Waals surface area contributed by atoms with Crippen LogP contribution in [0.15, 0.2) is 298 Å². The summed E-state index contributed by atoms with van der Waals surface area (Å²) in [5.41, 5.74) is 11.6. The molecule has 26 nitrogen and oxygen atoms in total. The molecule has 0 radical (unpaired) electrons. The number of Topliss-reactive ketones (excluding diaryl/α,β-unsaturated/α-hetero) is 1. The molecule has 0 saturated carbocycles. The molecule has 0 fully saturated rings. The van der Waals surface area contributed by atoms with Gasteiger partial charge in [0.2, 0.25) is 40.6 Å². The average Bonchev–Trinajstić information content (AvgIpc) is 1.71. The lowest BCUT2D eigenvalue weighted by Gasteiger charge is -2.09. The standard InChI is InChI=1S/C17H15N3O2.C17H14N2O3.C16H12N2O3.C16H12N2O2.C15H12N2O2.C14H10N2O/c1-20(2)17(22)15-9-5-8-14(19-15)16(21)12-10-18-13-7-4-3-6-11(12)13;1-2-22-17(21)15-9-5-8-14(19-15)16(20)12-10-18-13-7-4-3-6-11(12)13;1-21-16(20)14-8-4-7-13(18-14)15(19)11-9-17-12-6-3-2-5-10(11)12;1-10(19)13-7-4-8-15(18-13)16(20)12-9-17-14-6-3-2-5-11(12)14;1-19-14-8-4-7-13(17-14)15(18)11-9-16-12-6-3-2-5-10(11)12;17-14(13-7-3-4-8-15-13)11-9-16-12-6-2-1-5-10(11)12/h3-10,18H,1-2H3;3-10,18H,2H2,1H3;2-9,17H,1H3;2-9,17H,1H3;2-9,16H,1H3;1-9,16H. The normalized spacial score (nSPS) is 10.6. The van der Waals surface area contributed by atoms with E-state index in [0.29, 0.717) is 56.3 Å². The Morgan fingerprint density at radius 3 is 0.868 bits per heavy atom. The summed E-state index contributed by atoms with van der Waals surface area (Å²) in [6, 6.07) is 75.4. The Morgan fingerprint density at radius 1 is 0.298 bits per heavy atom. The zero-order chi connectivity index (χ0) is 85.1. The van der Waals surface area contributed by atoms with E-state index in [-0.39, 0.29) is 92.9 Å². The van der Waals surface area contributed by atoms with Crippen molar-refractivity contribution in [3.8, 4) is 5.88 Å². The molecule has 26 heteroatoms. The van der Waals surface area contributed by atoms with Gasteiger partial charge >= 0.3 is 11.9 Å². The lowest BCUT2D eigenvalue weighted by molar-refractivity contribution is 0.0517. The minimum atomic E-state index is -0.566. The lowest BCUT2D eigenvalue weighted by Crippen LogP contribution is -2.23. The number of esters is 2. The van der Waals surface area contributed by atoms with Crippen molar-refractivity contribution in [2.75, 3.05) is 34.9 Å². The van der Waals surface area contributed by atoms with E-state index in [1.54, 1.807) is 155 Å². The number of carbonyl (C=O) groups is 10. The number of amides is 1. The first-order chi connectivity index (χ1) is 58.8. The summed E-state index contributed by atoms with van der Waals surface area (Å²) in [4.78, 5) is 166. The molecule has 0 atom stereocenters. The number of nitrogens with one attached hydrogen (secondary N) is 6. The zero-order valence-electron chi connectivity index (χ0n) is 65.9. The fourth-order valence-corrected chi connectivity index (χ4v) is 12.9. The molecule has 1 amide bonds. The number of benzene rings is 6. The van der Waals surface area contributed by atoms with Crippen LogP contribution in [-0.2, 0) is 9.47 Å². The van der Waals surface area contributed by atoms with Gasteiger partial charge in [-0.05, 0) is 110 Å². The van der Waals surface area contributed by atoms with Crippen LogP contribution in [0.25, 0.3) is 65.4 Å². The summed E-state index contributed by atoms with van der Waals surface area (Å²) in [5, 5.41) is 5.19. The molecule has 121 heavy (non-hydrogen) atoms. The lowest BCUT2D eigenvalue weighted by atomic mass is 10.1. The highest BCUT2D eigenvalue weighted by Gasteiger charge is 2.24. The van der Waals surface area contributed by atoms with Crippen molar-refractivity contribution in [1.29, 1.82) is 0 Å². The summed E-state index contributed by atoms with van der Waals surface area (Å²) in [5.74, 6) is -2.07. The van der Waals surface area contributed by atoms with Crippen LogP contribution >= 0.6 is 0 Å². The van der Waals surface area contributed by atoms with Gasteiger partial charge in [-0.15, -0.1) is 0 Å². The average molecular weight is 1610 g/mol. The molecule has 18 rings (SSSR count). The second-order valence-electron chi connectivity index (χ2n) is 26.8. The number of ketones is 7. The number of ether oxygens (including phenoxy) is 3. The fourth-order valence-electron chi connectivity index (χ4n) is 12.9. The van der Waals surface area contributed by atoms with E-state index in [2.05, 4.69) is 64.5 Å². The number of para-hydroxylation sites is 6. The number of H-pyrrole nitrogens is 6. The van der Waals surface area contributed by atoms with Gasteiger partial charge in [0.1, 0.15) is 56.9 Å². The molecule has 12 heterocycles. The minimum Gasteiger partial charge on any atom is -0.481 e. The first kappa shape index (κ1) is 82.3. The SMILES string of the molecule is CC(=O)c1cccc(C(=O)c2c[nH]c3ccccc23)n1.CCOC(=O)c1cccc(C(=O)c2c[nH]c3ccccc23)n1.CN(C)C(=O)c1cccc(C(=O)c2c[nH]c3ccccc23)n1.COC(=O)c1cccc(C(=O)c2c[nH]c3ccccc23)n1.COc1cccc(C(=O)c2c[nH]c3ccccc23)n1.O=C(c1ccccn1)c1c[nH]c2ccccc12. The van der Waals surface area contributed by atoms with Gasteiger partial charge in [-0.1, -0.05) is 146 Å². The molecule has 0 aliphatic carbocycles. The van der Waals surface area contributed by atoms with Crippen LogP contribution in [-0.4, -0.2) is 158 Å². The summed E-state index contributed by atoms with van der Waals surface area (Å²) in [6.45, 7) is 3.42. The van der Waals surface area contributed by atoms with Gasteiger partial charge in [0, 0.05) is 169 Å². The van der Waals surface area contributed by atoms with Crippen molar-refractivity contribution in [1.82, 2.24) is 64.7 Å². The largest absolute Gasteiger partial charge is 0.481 e. The van der Waals surface area contributed by atoms with Crippen LogP contribution in [0.3, 0.4) is 0 Å². The predicted octanol–water partition coefficient (Wildman–Crippen LogP) is 16.6. The quantitative estimate of drug-likeness (QED) is 0.0343. The Morgan fingerprint density at radius 2 is 0.562 bits per heavy atom. The van der Waals surface area contributed by atoms with E-state index < -0.39 is 11.9 Å². The van der Waals surface area contributed by atoms with E-state index >= 15 is 0 Å². The third kappa shape index (κ3) is 19.0. The van der Waals surface area contributed by atoms with E-state index in [0.717, 1.165) is 65.4 Å². The summed E-state index contributed by atoms with van der Waals surface area (Å²) >= 11 is 0. The second-order valence-corrected chi connectivity index (χ2v) is 26.8. The van der Waals surface area contributed by atoms with Gasteiger partial charge in [0.15, 0.2) is 5.78 Å². The molecule has 6 N–H and O–H groups in total. The molecule has 18 aromatic rings. The van der Waals surface area contributed by atoms with Crippen molar-refractivity contribution >= 4 is 124 Å². The van der Waals surface area contributed by atoms with E-state index in [1.165, 1.54) is 38.2 Å². The first-order valence-electron chi connectivity index (χ1n) is 37.7. The van der Waals surface area contributed by atoms with Crippen molar-refractivity contribution in [3.63, 3.8) is 0 Å². The molecule has 0 spiro atoms. The summed E-state index contributed by atoms with van der Waals surface area (Å²) in [7, 11) is 6.11. The van der Waals surface area contributed by atoms with Crippen LogP contribution in [0.2, 0.25) is 0 Å². The van der Waals surface area contributed by atoms with E-state index in [4.69, 9.17) is 9.47 Å². The van der Waals surface area contributed by atoms with Crippen molar-refractivity contribution < 1.29 is 62.2 Å². The number of pyridine rings is 6. The number of hydrogen-bond donors (Lipinski definition) is 6. The predicted molar refractivity (Wildman–Crippen MR) is 458 cm³/mol. The number of rotatable bonds is 18. The molecule has 0 aliphatic heterocycles. The molecule has 12 aromatic heterocycles. The van der Waals surface area contributed by atoms with Gasteiger partial charge in [-0.3, -0.25) is 43.3 Å². The van der Waals surface area contributed by atoms with Crippen molar-refractivity contribution in [2.24, 2.45) is 0 Å². The van der Waals surface area contributed by atoms with Crippen LogP contribution in [0.5, 0.6) is 5.88 Å². The number of nitrogens with zero attached hydrogens (tertiary/aromatic N) is 7. The summed E-state index contributed by atoms with van der Waals surface area (Å²) < 4.78 is 14.6. The molecule has 0 unspecified atom stereocenters. The van der Waals surface area contributed by atoms with Gasteiger partial charge in [0.05, 0.1) is 20.8 Å². The minimum absolute atomic E-state index is 0.0527. The maximum Gasteiger partial charge on any atom is 0.356 e. The van der Waals surface area contributed by atoms with Gasteiger partial charge in [-0.25, -0.2) is 34.5 Å². The monoisotopic (exact) mass is 1610 g/mol. The zero-order valence-corrected chi connectivity index (χ0v) is 65.9. The molecule has 6 aromatic carbocycles. The van der Waals surface area contributed by atoms with E-state index in [9.17, 15) is 47.9 Å². The fraction of sp³-hybridized carbons (Fsp3) is 0.0737. The maximum atomic E-state index is 12.7. The molecule has 0 aliphatic rings. The highest BCUT2D eigenvalue weighted by atomic mass is 16.5. The van der Waals surface area contributed by atoms with Gasteiger partial charge in [0.25, 0.3) is 5.91 Å². The van der Waals surface area contributed by atoms with Crippen molar-refractivity contribution in [3.05, 3.63) is 388 Å². The Kier molecular flexibility index (Phi) is 26.0. The second kappa shape index (κ2) is 38.2. The van der Waals surface area contributed by atoms with Crippen LogP contribution in [0, 0.1) is 0 Å². The summed E-state index contributed by atoms with van der Waals surface area (Å²) in [6.07, 6.45) is 11.7. The number of aromatic amines is 6. The van der Waals surface area contributed by atoms with Crippen LogP contribution in [0.4, 0.5) is 0 Å². The topological polar surface area (TPSA) is 374 Å². The van der Waals surface area contributed by atoms with Gasteiger partial charge in [-0.2, -0.15) is 0 Å². The smallest absolute Gasteiger partial charge is 0.356 e. The Labute approximate surface area is 690 Å². The Hall–Kier alpha value is -16.6. The third-order valence-electron chi connectivity index (χ3n) is 18.9. The highest BCUT2D eigenvalue weighted by Crippen LogP contribution is 2.28. The third-order valence-corrected chi connectivity index (χ3v) is 18.9. The molecular weight excluding hydrogens is 1530 g/mol. The number of hydrogen-bond acceptors (Lipinski definition) is 19. The molecule has 0 bridgehead atoms. The van der Waals surface area contributed by atoms with Crippen LogP contribution in [0.1, 0.15) is 152 Å². The van der Waals surface area contributed by atoms with Crippen molar-refractivity contribution in [2.45, 2.75) is 13.8 Å². The maximum absolute atomic E-state index is 12.7. The molecule has 598 valence electrons. The van der Waals surface area contributed by atoms with Crippen LogP contribution < -0.4 is 4.74 Å². The Bertz CT molecular complexity index is 6910. The van der Waals surface area contributed by atoms with E-state index in [1.807, 2.05) is 152 Å². The molecular formula is C95H75N13O13. The number of aromatic nitrogens is 12. The van der Waals surface area contributed by atoms with Gasteiger partial charge < -0.3 is 49.0 Å². The number of carbonyl (C=O) groups excluding carboxylic acids is 10. The molecule has 0 saturated heterocycles. The number of methoxy groups -OCH3 is 2. The first-order valence-corrected chi connectivity index (χ1v) is 37.7. The Balaban J connectivity index is 0.000000126. The number of fused-ring (bicyclic) bond motifs is 6. The highest BCUT2D eigenvalue weighted by molar-refractivity contribution is 6.20.